The summed E-state index contributed by atoms with van der Waals surface area (Å²) in [5.41, 5.74) is 5.86. The second-order valence-corrected chi connectivity index (χ2v) is 8.02. The van der Waals surface area contributed by atoms with Crippen molar-refractivity contribution in [2.45, 2.75) is 32.8 Å². The van der Waals surface area contributed by atoms with Gasteiger partial charge in [-0.05, 0) is 59.4 Å². The summed E-state index contributed by atoms with van der Waals surface area (Å²) < 4.78 is 19.9. The number of phenols is 1. The minimum atomic E-state index is -0.423. The maximum atomic E-state index is 13.5. The Morgan fingerprint density at radius 2 is 1.62 bits per heavy atom. The lowest BCUT2D eigenvalue weighted by Gasteiger charge is -2.32. The highest BCUT2D eigenvalue weighted by Gasteiger charge is 2.31. The summed E-state index contributed by atoms with van der Waals surface area (Å²) in [6.07, 6.45) is -0.423. The number of rotatable bonds is 3. The van der Waals surface area contributed by atoms with E-state index in [1.54, 1.807) is 24.3 Å². The lowest BCUT2D eigenvalue weighted by Crippen LogP contribution is -2.17. The molecule has 1 aliphatic heterocycles. The Morgan fingerprint density at radius 3 is 2.24 bits per heavy atom. The molecular weight excluding hydrogens is 387 g/mol. The van der Waals surface area contributed by atoms with Crippen LogP contribution in [-0.2, 0) is 0 Å². The fourth-order valence-electron chi connectivity index (χ4n) is 3.76. The lowest BCUT2D eigenvalue weighted by atomic mass is 9.85. The van der Waals surface area contributed by atoms with Gasteiger partial charge in [0.25, 0.3) is 0 Å². The Hall–Kier alpha value is -2.78. The van der Waals surface area contributed by atoms with E-state index in [1.807, 2.05) is 6.92 Å². The predicted octanol–water partition coefficient (Wildman–Crippen LogP) is 7.37. The van der Waals surface area contributed by atoms with Crippen LogP contribution in [0.25, 0.3) is 11.1 Å². The van der Waals surface area contributed by atoms with Crippen LogP contribution >= 0.6 is 11.6 Å². The van der Waals surface area contributed by atoms with Gasteiger partial charge >= 0.3 is 0 Å². The Bertz CT molecular complexity index is 1080. The average molecular weight is 409 g/mol. The zero-order valence-electron chi connectivity index (χ0n) is 16.5. The summed E-state index contributed by atoms with van der Waals surface area (Å²) in [5, 5.41) is 10.3. The molecule has 0 unspecified atom stereocenters. The van der Waals surface area contributed by atoms with Crippen molar-refractivity contribution < 1.29 is 14.2 Å². The Morgan fingerprint density at radius 1 is 0.966 bits per heavy atom. The van der Waals surface area contributed by atoms with Gasteiger partial charge in [-0.3, -0.25) is 0 Å². The molecule has 0 saturated carbocycles. The third-order valence-electron chi connectivity index (χ3n) is 5.44. The van der Waals surface area contributed by atoms with Gasteiger partial charge in [-0.25, -0.2) is 4.39 Å². The van der Waals surface area contributed by atoms with Gasteiger partial charge in [0, 0.05) is 11.1 Å². The molecule has 0 bridgehead atoms. The van der Waals surface area contributed by atoms with E-state index in [0.29, 0.717) is 11.7 Å². The van der Waals surface area contributed by atoms with E-state index in [2.05, 4.69) is 38.1 Å². The first-order valence-corrected chi connectivity index (χ1v) is 9.99. The average Bonchev–Trinajstić information content (AvgIpc) is 2.72. The highest BCUT2D eigenvalue weighted by Crippen LogP contribution is 2.50. The number of halogens is 2. The standard InChI is InChI=1S/C25H22ClFO2/c1-14(2)16-4-6-18(7-5-16)24-22(17-8-10-19(27)11-9-17)15(3)20-12-13-21(28)23(26)25(20)29-24/h4-14,24,28H,1-3H3/t24-/m0/s1. The van der Waals surface area contributed by atoms with E-state index in [9.17, 15) is 9.50 Å². The zero-order valence-corrected chi connectivity index (χ0v) is 17.3. The zero-order chi connectivity index (χ0) is 20.7. The normalized spacial score (nSPS) is 16.0. The summed E-state index contributed by atoms with van der Waals surface area (Å²) in [6.45, 7) is 6.31. The van der Waals surface area contributed by atoms with Gasteiger partial charge in [-0.1, -0.05) is 61.8 Å². The molecule has 4 rings (SSSR count). The van der Waals surface area contributed by atoms with Crippen LogP contribution < -0.4 is 4.74 Å². The third-order valence-corrected chi connectivity index (χ3v) is 5.81. The van der Waals surface area contributed by atoms with Gasteiger partial charge in [0.2, 0.25) is 0 Å². The third kappa shape index (κ3) is 3.51. The number of hydrogen-bond acceptors (Lipinski definition) is 2. The maximum absolute atomic E-state index is 13.5. The van der Waals surface area contributed by atoms with E-state index < -0.39 is 6.10 Å². The summed E-state index contributed by atoms with van der Waals surface area (Å²) >= 11 is 6.36. The first-order valence-electron chi connectivity index (χ1n) is 9.62. The first-order chi connectivity index (χ1) is 13.9. The largest absolute Gasteiger partial charge is 0.506 e. The van der Waals surface area contributed by atoms with E-state index in [-0.39, 0.29) is 16.6 Å². The van der Waals surface area contributed by atoms with Crippen LogP contribution in [0.5, 0.6) is 11.5 Å². The first kappa shape index (κ1) is 19.5. The molecule has 1 aliphatic rings. The Kier molecular flexibility index (Phi) is 5.10. The van der Waals surface area contributed by atoms with Crippen molar-refractivity contribution in [3.8, 4) is 11.5 Å². The summed E-state index contributed by atoms with van der Waals surface area (Å²) in [6, 6.07) is 18.1. The molecule has 2 nitrogen and oxygen atoms in total. The van der Waals surface area contributed by atoms with Crippen LogP contribution in [-0.4, -0.2) is 5.11 Å². The van der Waals surface area contributed by atoms with Crippen LogP contribution in [0.2, 0.25) is 5.02 Å². The monoisotopic (exact) mass is 408 g/mol. The molecule has 3 aromatic carbocycles. The van der Waals surface area contributed by atoms with Crippen LogP contribution in [0.4, 0.5) is 4.39 Å². The van der Waals surface area contributed by atoms with Gasteiger partial charge < -0.3 is 9.84 Å². The molecule has 29 heavy (non-hydrogen) atoms. The SMILES string of the molecule is CC1=C(c2ccc(F)cc2)[C@H](c2ccc(C(C)C)cc2)Oc2c1ccc(O)c2Cl. The molecule has 148 valence electrons. The van der Waals surface area contributed by atoms with E-state index in [4.69, 9.17) is 16.3 Å². The Balaban J connectivity index is 1.91. The molecular formula is C25H22ClFO2. The van der Waals surface area contributed by atoms with Gasteiger partial charge in [0.1, 0.15) is 22.7 Å². The highest BCUT2D eigenvalue weighted by molar-refractivity contribution is 6.34. The number of fused-ring (bicyclic) bond motifs is 1. The van der Waals surface area contributed by atoms with Gasteiger partial charge in [-0.15, -0.1) is 0 Å². The molecule has 0 radical (unpaired) electrons. The quantitative estimate of drug-likeness (QED) is 0.490. The number of benzene rings is 3. The molecule has 0 aromatic heterocycles. The highest BCUT2D eigenvalue weighted by atomic mass is 35.5. The molecule has 1 heterocycles. The number of hydrogen-bond donors (Lipinski definition) is 1. The molecule has 3 aromatic rings. The summed E-state index contributed by atoms with van der Waals surface area (Å²) in [7, 11) is 0. The molecule has 4 heteroatoms. The maximum Gasteiger partial charge on any atom is 0.150 e. The van der Waals surface area contributed by atoms with Gasteiger partial charge in [-0.2, -0.15) is 0 Å². The minimum Gasteiger partial charge on any atom is -0.506 e. The molecule has 0 saturated heterocycles. The second kappa shape index (κ2) is 7.57. The van der Waals surface area contributed by atoms with Crippen molar-refractivity contribution in [1.29, 1.82) is 0 Å². The lowest BCUT2D eigenvalue weighted by molar-refractivity contribution is 0.259. The van der Waals surface area contributed by atoms with E-state index >= 15 is 0 Å². The van der Waals surface area contributed by atoms with Crippen LogP contribution in [0.1, 0.15) is 55.0 Å². The predicted molar refractivity (Wildman–Crippen MR) is 116 cm³/mol. The fourth-order valence-corrected chi connectivity index (χ4v) is 3.97. The topological polar surface area (TPSA) is 29.5 Å². The smallest absolute Gasteiger partial charge is 0.150 e. The van der Waals surface area contributed by atoms with Crippen LogP contribution in [0.3, 0.4) is 0 Å². The molecule has 0 amide bonds. The fraction of sp³-hybridized carbons (Fsp3) is 0.200. The van der Waals surface area contributed by atoms with Crippen molar-refractivity contribution in [1.82, 2.24) is 0 Å². The summed E-state index contributed by atoms with van der Waals surface area (Å²) in [4.78, 5) is 0. The molecule has 0 spiro atoms. The second-order valence-electron chi connectivity index (χ2n) is 7.64. The van der Waals surface area contributed by atoms with Gasteiger partial charge in [0.05, 0.1) is 0 Å². The van der Waals surface area contributed by atoms with Crippen molar-refractivity contribution in [3.63, 3.8) is 0 Å². The van der Waals surface area contributed by atoms with E-state index in [0.717, 1.165) is 27.8 Å². The molecule has 0 fully saturated rings. The molecule has 0 aliphatic carbocycles. The number of ether oxygens (including phenoxy) is 1. The van der Waals surface area contributed by atoms with Crippen LogP contribution in [0, 0.1) is 5.82 Å². The Labute approximate surface area is 175 Å². The van der Waals surface area contributed by atoms with Gasteiger partial charge in [0.15, 0.2) is 5.75 Å². The van der Waals surface area contributed by atoms with Crippen molar-refractivity contribution >= 4 is 22.7 Å². The molecule has 1 N–H and O–H groups in total. The van der Waals surface area contributed by atoms with Crippen molar-refractivity contribution in [2.75, 3.05) is 0 Å². The number of aromatic hydroxyl groups is 1. The van der Waals surface area contributed by atoms with Crippen molar-refractivity contribution in [2.24, 2.45) is 0 Å². The number of allylic oxidation sites excluding steroid dienone is 1. The summed E-state index contributed by atoms with van der Waals surface area (Å²) in [5.74, 6) is 0.595. The number of phenolic OH excluding ortho intramolecular Hbond substituents is 1. The molecule has 1 atom stereocenters. The van der Waals surface area contributed by atoms with Crippen LogP contribution in [0.15, 0.2) is 60.7 Å². The van der Waals surface area contributed by atoms with Crippen molar-refractivity contribution in [3.05, 3.63) is 93.8 Å². The van der Waals surface area contributed by atoms with E-state index in [1.165, 1.54) is 17.7 Å². The minimum absolute atomic E-state index is 0.0163.